The molecule has 1 N–H and O–H groups in total. The van der Waals surface area contributed by atoms with Gasteiger partial charge in [0.05, 0.1) is 0 Å². The molecule has 1 atom stereocenters. The quantitative estimate of drug-likeness (QED) is 0.828. The smallest absolute Gasteiger partial charge is 0.317 e. The van der Waals surface area contributed by atoms with E-state index in [1.807, 2.05) is 21.9 Å². The summed E-state index contributed by atoms with van der Waals surface area (Å²) < 4.78 is 5.08. The van der Waals surface area contributed by atoms with Crippen LogP contribution in [0.3, 0.4) is 0 Å². The third-order valence-electron chi connectivity index (χ3n) is 5.47. The number of nitrogens with zero attached hydrogens (tertiary/aromatic N) is 3. The molecule has 1 aliphatic heterocycles. The number of urea groups is 1. The van der Waals surface area contributed by atoms with Gasteiger partial charge in [0, 0.05) is 51.2 Å². The predicted octanol–water partition coefficient (Wildman–Crippen LogP) is 2.17. The van der Waals surface area contributed by atoms with Gasteiger partial charge in [-0.2, -0.15) is 0 Å². The van der Waals surface area contributed by atoms with Gasteiger partial charge in [-0.05, 0) is 37.3 Å². The molecule has 1 saturated carbocycles. The van der Waals surface area contributed by atoms with Crippen LogP contribution in [-0.4, -0.2) is 65.6 Å². The molecule has 0 bridgehead atoms. The average Bonchev–Trinajstić information content (AvgIpc) is 3.20. The first-order valence-corrected chi connectivity index (χ1v) is 9.90. The lowest BCUT2D eigenvalue weighted by Gasteiger charge is -2.39. The van der Waals surface area contributed by atoms with Gasteiger partial charge in [-0.3, -0.25) is 9.78 Å². The maximum atomic E-state index is 12.7. The van der Waals surface area contributed by atoms with E-state index in [0.717, 1.165) is 37.8 Å². The monoisotopic (exact) mass is 374 g/mol. The van der Waals surface area contributed by atoms with Gasteiger partial charge in [-0.25, -0.2) is 4.79 Å². The maximum absolute atomic E-state index is 12.7. The number of rotatable bonds is 6. The maximum Gasteiger partial charge on any atom is 0.317 e. The Morgan fingerprint density at radius 1 is 1.30 bits per heavy atom. The number of ether oxygens (including phenoxy) is 1. The van der Waals surface area contributed by atoms with E-state index in [4.69, 9.17) is 4.74 Å². The van der Waals surface area contributed by atoms with Crippen LogP contribution in [-0.2, 0) is 16.1 Å². The molecule has 0 aromatic carbocycles. The van der Waals surface area contributed by atoms with E-state index in [2.05, 4.69) is 10.3 Å². The van der Waals surface area contributed by atoms with Gasteiger partial charge >= 0.3 is 6.03 Å². The van der Waals surface area contributed by atoms with E-state index in [1.165, 1.54) is 20.0 Å². The summed E-state index contributed by atoms with van der Waals surface area (Å²) in [5.74, 6) is -0.0515. The molecule has 0 radical (unpaired) electrons. The van der Waals surface area contributed by atoms with Crippen molar-refractivity contribution in [2.45, 2.75) is 57.2 Å². The number of piperidine rings is 1. The molecule has 3 rings (SSSR count). The second-order valence-corrected chi connectivity index (χ2v) is 7.49. The Balaban J connectivity index is 1.65. The number of hydrogen-bond donors (Lipinski definition) is 1. The van der Waals surface area contributed by atoms with Crippen molar-refractivity contribution in [2.24, 2.45) is 0 Å². The van der Waals surface area contributed by atoms with Crippen molar-refractivity contribution in [1.82, 2.24) is 20.1 Å². The van der Waals surface area contributed by atoms with E-state index in [0.29, 0.717) is 19.1 Å². The molecule has 3 amide bonds. The Hall–Kier alpha value is -2.15. The molecule has 0 spiro atoms. The third-order valence-corrected chi connectivity index (χ3v) is 5.47. The first kappa shape index (κ1) is 19.6. The van der Waals surface area contributed by atoms with Crippen molar-refractivity contribution >= 4 is 11.9 Å². The normalized spacial score (nSPS) is 20.5. The Morgan fingerprint density at radius 2 is 2.11 bits per heavy atom. The fraction of sp³-hybridized carbons (Fsp3) is 0.650. The van der Waals surface area contributed by atoms with Gasteiger partial charge in [0.1, 0.15) is 6.61 Å². The molecular weight excluding hydrogens is 344 g/mol. The highest BCUT2D eigenvalue weighted by Gasteiger charge is 2.31. The summed E-state index contributed by atoms with van der Waals surface area (Å²) in [5.41, 5.74) is 0.981. The molecule has 1 aromatic heterocycles. The topological polar surface area (TPSA) is 74.8 Å². The van der Waals surface area contributed by atoms with Crippen LogP contribution in [0.4, 0.5) is 4.79 Å². The number of likely N-dealkylation sites (tertiary alicyclic amines) is 1. The van der Waals surface area contributed by atoms with Crippen molar-refractivity contribution in [3.05, 3.63) is 30.1 Å². The van der Waals surface area contributed by atoms with Crippen LogP contribution < -0.4 is 5.32 Å². The molecule has 1 unspecified atom stereocenters. The summed E-state index contributed by atoms with van der Waals surface area (Å²) in [6.45, 7) is 1.84. The van der Waals surface area contributed by atoms with Gasteiger partial charge in [0.2, 0.25) is 5.91 Å². The molecule has 27 heavy (non-hydrogen) atoms. The minimum atomic E-state index is -0.0515. The van der Waals surface area contributed by atoms with Gasteiger partial charge in [0.25, 0.3) is 0 Å². The fourth-order valence-electron chi connectivity index (χ4n) is 4.05. The summed E-state index contributed by atoms with van der Waals surface area (Å²) in [6, 6.07) is 4.15. The molecule has 2 fully saturated rings. The first-order valence-electron chi connectivity index (χ1n) is 9.90. The van der Waals surface area contributed by atoms with Crippen LogP contribution in [0.25, 0.3) is 0 Å². The van der Waals surface area contributed by atoms with Gasteiger partial charge < -0.3 is 19.9 Å². The largest absolute Gasteiger partial charge is 0.375 e. The molecule has 1 aromatic rings. The molecule has 1 aliphatic carbocycles. The molecule has 148 valence electrons. The van der Waals surface area contributed by atoms with Crippen molar-refractivity contribution in [3.8, 4) is 0 Å². The van der Waals surface area contributed by atoms with Crippen LogP contribution in [0.1, 0.15) is 44.1 Å². The number of pyridine rings is 1. The summed E-state index contributed by atoms with van der Waals surface area (Å²) in [4.78, 5) is 33.2. The zero-order valence-corrected chi connectivity index (χ0v) is 16.1. The van der Waals surface area contributed by atoms with E-state index in [-0.39, 0.29) is 24.6 Å². The summed E-state index contributed by atoms with van der Waals surface area (Å²) >= 11 is 0. The number of hydrogen-bond acceptors (Lipinski definition) is 4. The minimum Gasteiger partial charge on any atom is -0.375 e. The molecule has 2 heterocycles. The Morgan fingerprint density at radius 3 is 2.81 bits per heavy atom. The van der Waals surface area contributed by atoms with Gasteiger partial charge in [-0.15, -0.1) is 0 Å². The van der Waals surface area contributed by atoms with E-state index >= 15 is 0 Å². The van der Waals surface area contributed by atoms with E-state index in [9.17, 15) is 9.59 Å². The highest BCUT2D eigenvalue weighted by Crippen LogP contribution is 2.21. The van der Waals surface area contributed by atoms with Crippen LogP contribution in [0, 0.1) is 0 Å². The Labute approximate surface area is 161 Å². The summed E-state index contributed by atoms with van der Waals surface area (Å²) in [6.07, 6.45) is 9.82. The van der Waals surface area contributed by atoms with Crippen molar-refractivity contribution in [1.29, 1.82) is 0 Å². The number of carbonyl (C=O) groups is 2. The minimum absolute atomic E-state index is 0.00376. The lowest BCUT2D eigenvalue weighted by molar-refractivity contribution is -0.139. The molecule has 2 aliphatic rings. The van der Waals surface area contributed by atoms with E-state index in [1.54, 1.807) is 12.4 Å². The second kappa shape index (κ2) is 9.69. The standard InChI is InChI=1S/C20H30N4O3/c1-27-15-19(25)24(13-16-6-4-10-21-12-16)18-9-5-11-23(14-18)20(26)22-17-7-2-3-8-17/h4,6,10,12,17-18H,2-3,5,7-9,11,13-15H2,1H3,(H,22,26). The zero-order valence-electron chi connectivity index (χ0n) is 16.1. The van der Waals surface area contributed by atoms with Gasteiger partial charge in [-0.1, -0.05) is 18.9 Å². The van der Waals surface area contributed by atoms with E-state index < -0.39 is 0 Å². The first-order chi connectivity index (χ1) is 13.2. The predicted molar refractivity (Wildman–Crippen MR) is 102 cm³/mol. The van der Waals surface area contributed by atoms with Crippen LogP contribution in [0.15, 0.2) is 24.5 Å². The highest BCUT2D eigenvalue weighted by molar-refractivity contribution is 5.78. The van der Waals surface area contributed by atoms with Crippen molar-refractivity contribution in [3.63, 3.8) is 0 Å². The molecule has 1 saturated heterocycles. The lowest BCUT2D eigenvalue weighted by atomic mass is 10.0. The summed E-state index contributed by atoms with van der Waals surface area (Å²) in [7, 11) is 1.53. The van der Waals surface area contributed by atoms with Crippen LogP contribution in [0.5, 0.6) is 0 Å². The fourth-order valence-corrected chi connectivity index (χ4v) is 4.05. The molecule has 7 nitrogen and oxygen atoms in total. The number of nitrogens with one attached hydrogen (secondary N) is 1. The molecule has 7 heteroatoms. The third kappa shape index (κ3) is 5.42. The summed E-state index contributed by atoms with van der Waals surface area (Å²) in [5, 5.41) is 3.16. The molecular formula is C20H30N4O3. The zero-order chi connectivity index (χ0) is 19.1. The van der Waals surface area contributed by atoms with Crippen molar-refractivity contribution < 1.29 is 14.3 Å². The Kier molecular flexibility index (Phi) is 7.04. The average molecular weight is 374 g/mol. The number of aromatic nitrogens is 1. The Bertz CT molecular complexity index is 619. The van der Waals surface area contributed by atoms with Crippen molar-refractivity contribution in [2.75, 3.05) is 26.8 Å². The number of amides is 3. The number of methoxy groups -OCH3 is 1. The highest BCUT2D eigenvalue weighted by atomic mass is 16.5. The SMILES string of the molecule is COCC(=O)N(Cc1cccnc1)C1CCCN(C(=O)NC2CCCC2)C1. The van der Waals surface area contributed by atoms with Crippen LogP contribution in [0.2, 0.25) is 0 Å². The van der Waals surface area contributed by atoms with Crippen LogP contribution >= 0.6 is 0 Å². The second-order valence-electron chi connectivity index (χ2n) is 7.49. The van der Waals surface area contributed by atoms with Gasteiger partial charge in [0.15, 0.2) is 0 Å². The number of carbonyl (C=O) groups excluding carboxylic acids is 2. The lowest BCUT2D eigenvalue weighted by Crippen LogP contribution is -2.55.